The molecule has 1 aromatic carbocycles. The number of rotatable bonds is 3. The first-order valence-corrected chi connectivity index (χ1v) is 6.75. The minimum atomic E-state index is 0.820. The molecule has 0 unspecified atom stereocenters. The van der Waals surface area contributed by atoms with Gasteiger partial charge in [0, 0.05) is 16.7 Å². The lowest BCUT2D eigenvalue weighted by Gasteiger charge is -2.23. The Morgan fingerprint density at radius 2 is 2.06 bits per heavy atom. The number of nitrogens with one attached hydrogen (secondary N) is 2. The van der Waals surface area contributed by atoms with Gasteiger partial charge >= 0.3 is 0 Å². The Morgan fingerprint density at radius 3 is 2.75 bits per heavy atom. The van der Waals surface area contributed by atoms with Crippen molar-refractivity contribution in [2.75, 3.05) is 25.0 Å². The van der Waals surface area contributed by atoms with Gasteiger partial charge in [0.05, 0.1) is 0 Å². The first kappa shape index (κ1) is 11.9. The fourth-order valence-corrected chi connectivity index (χ4v) is 2.79. The molecule has 0 amide bonds. The quantitative estimate of drug-likeness (QED) is 0.890. The summed E-state index contributed by atoms with van der Waals surface area (Å²) in [5.41, 5.74) is 2.52. The third-order valence-corrected chi connectivity index (χ3v) is 3.55. The first-order chi connectivity index (χ1) is 7.74. The van der Waals surface area contributed by atoms with E-state index in [9.17, 15) is 0 Å². The van der Waals surface area contributed by atoms with Crippen molar-refractivity contribution < 1.29 is 0 Å². The molecule has 0 bridgehead atoms. The summed E-state index contributed by atoms with van der Waals surface area (Å²) in [5.74, 6) is 0.820. The standard InChI is InChI=1S/C13H19BrN2/c1-10-6-12(14)8-13(7-10)16-9-11-2-4-15-5-3-11/h6-8,11,15-16H,2-5,9H2,1H3. The van der Waals surface area contributed by atoms with Crippen molar-refractivity contribution in [3.05, 3.63) is 28.2 Å². The van der Waals surface area contributed by atoms with Crippen LogP contribution in [0, 0.1) is 12.8 Å². The van der Waals surface area contributed by atoms with Crippen molar-refractivity contribution >= 4 is 21.6 Å². The lowest BCUT2D eigenvalue weighted by molar-refractivity contribution is 0.390. The Morgan fingerprint density at radius 1 is 1.31 bits per heavy atom. The molecule has 1 saturated heterocycles. The second kappa shape index (κ2) is 5.69. The Balaban J connectivity index is 1.88. The Bertz CT molecular complexity index is 326. The third kappa shape index (κ3) is 3.49. The van der Waals surface area contributed by atoms with E-state index in [2.05, 4.69) is 51.7 Å². The highest BCUT2D eigenvalue weighted by Crippen LogP contribution is 2.20. The van der Waals surface area contributed by atoms with Crippen LogP contribution in [0.1, 0.15) is 18.4 Å². The molecule has 1 aliphatic rings. The van der Waals surface area contributed by atoms with Gasteiger partial charge in [0.1, 0.15) is 0 Å². The number of hydrogen-bond acceptors (Lipinski definition) is 2. The molecule has 16 heavy (non-hydrogen) atoms. The summed E-state index contributed by atoms with van der Waals surface area (Å²) in [5, 5.41) is 6.93. The first-order valence-electron chi connectivity index (χ1n) is 5.96. The van der Waals surface area contributed by atoms with Crippen LogP contribution in [0.3, 0.4) is 0 Å². The van der Waals surface area contributed by atoms with Crippen LogP contribution in [-0.2, 0) is 0 Å². The highest BCUT2D eigenvalue weighted by atomic mass is 79.9. The highest BCUT2D eigenvalue weighted by molar-refractivity contribution is 9.10. The van der Waals surface area contributed by atoms with E-state index in [-0.39, 0.29) is 0 Å². The van der Waals surface area contributed by atoms with Crippen LogP contribution in [0.15, 0.2) is 22.7 Å². The van der Waals surface area contributed by atoms with E-state index in [1.807, 2.05) is 0 Å². The molecule has 0 radical (unpaired) electrons. The van der Waals surface area contributed by atoms with E-state index in [0.717, 1.165) is 16.9 Å². The van der Waals surface area contributed by atoms with E-state index < -0.39 is 0 Å². The van der Waals surface area contributed by atoms with Gasteiger partial charge in [-0.15, -0.1) is 0 Å². The van der Waals surface area contributed by atoms with Gasteiger partial charge in [0.15, 0.2) is 0 Å². The molecule has 1 aliphatic heterocycles. The molecular weight excluding hydrogens is 264 g/mol. The van der Waals surface area contributed by atoms with Crippen LogP contribution in [0.5, 0.6) is 0 Å². The Hall–Kier alpha value is -0.540. The zero-order valence-corrected chi connectivity index (χ0v) is 11.3. The van der Waals surface area contributed by atoms with Crippen molar-refractivity contribution in [2.24, 2.45) is 5.92 Å². The maximum absolute atomic E-state index is 3.54. The molecule has 1 fully saturated rings. The number of benzene rings is 1. The van der Waals surface area contributed by atoms with E-state index in [1.165, 1.54) is 37.2 Å². The van der Waals surface area contributed by atoms with Crippen molar-refractivity contribution in [1.82, 2.24) is 5.32 Å². The van der Waals surface area contributed by atoms with Gasteiger partial charge in [0.25, 0.3) is 0 Å². The van der Waals surface area contributed by atoms with Crippen LogP contribution in [0.25, 0.3) is 0 Å². The average molecular weight is 283 g/mol. The molecule has 1 aromatic rings. The van der Waals surface area contributed by atoms with Crippen LogP contribution < -0.4 is 10.6 Å². The summed E-state index contributed by atoms with van der Waals surface area (Å²) < 4.78 is 1.15. The zero-order chi connectivity index (χ0) is 11.4. The van der Waals surface area contributed by atoms with E-state index in [4.69, 9.17) is 0 Å². The largest absolute Gasteiger partial charge is 0.385 e. The van der Waals surface area contributed by atoms with Gasteiger partial charge in [-0.2, -0.15) is 0 Å². The van der Waals surface area contributed by atoms with Crippen molar-refractivity contribution in [3.8, 4) is 0 Å². The van der Waals surface area contributed by atoms with E-state index in [1.54, 1.807) is 0 Å². The van der Waals surface area contributed by atoms with Crippen molar-refractivity contribution in [2.45, 2.75) is 19.8 Å². The number of piperidine rings is 1. The van der Waals surface area contributed by atoms with Gasteiger partial charge < -0.3 is 10.6 Å². The molecule has 2 nitrogen and oxygen atoms in total. The summed E-state index contributed by atoms with van der Waals surface area (Å²) in [4.78, 5) is 0. The maximum Gasteiger partial charge on any atom is 0.0354 e. The van der Waals surface area contributed by atoms with Gasteiger partial charge in [-0.25, -0.2) is 0 Å². The third-order valence-electron chi connectivity index (χ3n) is 3.10. The number of anilines is 1. The van der Waals surface area contributed by atoms with Gasteiger partial charge in [-0.3, -0.25) is 0 Å². The SMILES string of the molecule is Cc1cc(Br)cc(NCC2CCNCC2)c1. The Kier molecular flexibility index (Phi) is 4.24. The average Bonchev–Trinajstić information content (AvgIpc) is 2.27. The second-order valence-electron chi connectivity index (χ2n) is 4.59. The van der Waals surface area contributed by atoms with E-state index in [0.29, 0.717) is 0 Å². The number of halogens is 1. The molecule has 0 saturated carbocycles. The molecule has 88 valence electrons. The zero-order valence-electron chi connectivity index (χ0n) is 9.72. The van der Waals surface area contributed by atoms with Gasteiger partial charge in [0.2, 0.25) is 0 Å². The van der Waals surface area contributed by atoms with Gasteiger partial charge in [-0.1, -0.05) is 15.9 Å². The summed E-state index contributed by atoms with van der Waals surface area (Å²) in [6, 6.07) is 6.48. The molecular formula is C13H19BrN2. The molecule has 2 rings (SSSR count). The number of aryl methyl sites for hydroxylation is 1. The fourth-order valence-electron chi connectivity index (χ4n) is 2.19. The number of hydrogen-bond donors (Lipinski definition) is 2. The minimum Gasteiger partial charge on any atom is -0.385 e. The van der Waals surface area contributed by atoms with Crippen molar-refractivity contribution in [3.63, 3.8) is 0 Å². The van der Waals surface area contributed by atoms with Crippen LogP contribution in [0.2, 0.25) is 0 Å². The monoisotopic (exact) mass is 282 g/mol. The molecule has 0 spiro atoms. The molecule has 0 aromatic heterocycles. The summed E-state index contributed by atoms with van der Waals surface area (Å²) in [6.45, 7) is 5.56. The normalized spacial score (nSPS) is 17.4. The predicted octanol–water partition coefficient (Wildman–Crippen LogP) is 3.17. The molecule has 0 atom stereocenters. The maximum atomic E-state index is 3.54. The summed E-state index contributed by atoms with van der Waals surface area (Å²) >= 11 is 3.53. The van der Waals surface area contributed by atoms with Crippen LogP contribution >= 0.6 is 15.9 Å². The lowest BCUT2D eigenvalue weighted by Crippen LogP contribution is -2.31. The summed E-state index contributed by atoms with van der Waals surface area (Å²) in [6.07, 6.45) is 2.58. The van der Waals surface area contributed by atoms with Gasteiger partial charge in [-0.05, 0) is 62.5 Å². The van der Waals surface area contributed by atoms with E-state index >= 15 is 0 Å². The topological polar surface area (TPSA) is 24.1 Å². The second-order valence-corrected chi connectivity index (χ2v) is 5.51. The smallest absolute Gasteiger partial charge is 0.0354 e. The molecule has 0 aliphatic carbocycles. The molecule has 3 heteroatoms. The predicted molar refractivity (Wildman–Crippen MR) is 73.0 cm³/mol. The minimum absolute atomic E-state index is 0.820. The summed E-state index contributed by atoms with van der Waals surface area (Å²) in [7, 11) is 0. The highest BCUT2D eigenvalue weighted by Gasteiger charge is 2.12. The Labute approximate surface area is 106 Å². The fraction of sp³-hybridized carbons (Fsp3) is 0.538. The van der Waals surface area contributed by atoms with Crippen molar-refractivity contribution in [1.29, 1.82) is 0 Å². The lowest BCUT2D eigenvalue weighted by atomic mass is 9.98. The molecule has 1 heterocycles. The van der Waals surface area contributed by atoms with Crippen LogP contribution in [-0.4, -0.2) is 19.6 Å². The van der Waals surface area contributed by atoms with Crippen LogP contribution in [0.4, 0.5) is 5.69 Å². The molecule has 2 N–H and O–H groups in total.